The molecular formula is C15H18N2O4S. The van der Waals surface area contributed by atoms with Crippen molar-refractivity contribution < 1.29 is 15.0 Å². The van der Waals surface area contributed by atoms with Crippen LogP contribution in [0.5, 0.6) is 0 Å². The first-order chi connectivity index (χ1) is 10.5. The number of carboxylic acids is 1. The molecule has 22 heavy (non-hydrogen) atoms. The van der Waals surface area contributed by atoms with E-state index >= 15 is 0 Å². The molecule has 0 saturated carbocycles. The Bertz CT molecular complexity index is 806. The Morgan fingerprint density at radius 2 is 2.23 bits per heavy atom. The van der Waals surface area contributed by atoms with E-state index in [0.717, 1.165) is 4.88 Å². The van der Waals surface area contributed by atoms with E-state index < -0.39 is 11.9 Å². The molecule has 0 aliphatic heterocycles. The molecular weight excluding hydrogens is 304 g/mol. The van der Waals surface area contributed by atoms with Crippen molar-refractivity contribution in [3.05, 3.63) is 26.6 Å². The number of aliphatic hydroxyl groups excluding tert-OH is 1. The lowest BCUT2D eigenvalue weighted by Gasteiger charge is -2.14. The fourth-order valence-electron chi connectivity index (χ4n) is 3.14. The number of aryl methyl sites for hydroxylation is 1. The van der Waals surface area contributed by atoms with E-state index in [1.54, 1.807) is 0 Å². The molecule has 6 nitrogen and oxygen atoms in total. The molecule has 1 aliphatic carbocycles. The molecule has 2 heterocycles. The zero-order chi connectivity index (χ0) is 16.0. The second-order valence-electron chi connectivity index (χ2n) is 5.85. The van der Waals surface area contributed by atoms with Gasteiger partial charge in [-0.25, -0.2) is 4.98 Å². The van der Waals surface area contributed by atoms with Crippen LogP contribution >= 0.6 is 11.3 Å². The van der Waals surface area contributed by atoms with E-state index in [1.807, 2.05) is 13.8 Å². The van der Waals surface area contributed by atoms with E-state index in [0.29, 0.717) is 34.4 Å². The Morgan fingerprint density at radius 3 is 2.82 bits per heavy atom. The van der Waals surface area contributed by atoms with Crippen LogP contribution in [0, 0.1) is 0 Å². The van der Waals surface area contributed by atoms with Crippen molar-refractivity contribution in [3.8, 4) is 0 Å². The number of aliphatic hydroxyl groups is 1. The van der Waals surface area contributed by atoms with Gasteiger partial charge in [0.15, 0.2) is 0 Å². The fraction of sp³-hybridized carbons (Fsp3) is 0.533. The van der Waals surface area contributed by atoms with Gasteiger partial charge in [-0.15, -0.1) is 11.3 Å². The molecule has 0 bridgehead atoms. The summed E-state index contributed by atoms with van der Waals surface area (Å²) < 4.78 is 1.48. The summed E-state index contributed by atoms with van der Waals surface area (Å²) >= 11 is 1.43. The van der Waals surface area contributed by atoms with Crippen molar-refractivity contribution in [1.29, 1.82) is 0 Å². The van der Waals surface area contributed by atoms with Crippen LogP contribution in [0.3, 0.4) is 0 Å². The van der Waals surface area contributed by atoms with Gasteiger partial charge in [0, 0.05) is 10.8 Å². The summed E-state index contributed by atoms with van der Waals surface area (Å²) in [6.45, 7) is 3.92. The number of hydrogen-bond acceptors (Lipinski definition) is 5. The van der Waals surface area contributed by atoms with Crippen LogP contribution in [0.4, 0.5) is 0 Å². The van der Waals surface area contributed by atoms with Crippen molar-refractivity contribution in [2.24, 2.45) is 0 Å². The van der Waals surface area contributed by atoms with Gasteiger partial charge in [-0.05, 0) is 18.4 Å². The highest BCUT2D eigenvalue weighted by atomic mass is 32.1. The van der Waals surface area contributed by atoms with Crippen LogP contribution in [0.15, 0.2) is 4.79 Å². The quantitative estimate of drug-likeness (QED) is 0.893. The summed E-state index contributed by atoms with van der Waals surface area (Å²) in [5, 5.41) is 19.0. The first-order valence-corrected chi connectivity index (χ1v) is 8.17. The molecule has 0 fully saturated rings. The molecule has 1 atom stereocenters. The maximum Gasteiger partial charge on any atom is 0.311 e. The molecule has 1 aliphatic rings. The van der Waals surface area contributed by atoms with E-state index in [2.05, 4.69) is 4.98 Å². The van der Waals surface area contributed by atoms with Crippen LogP contribution in [0.2, 0.25) is 0 Å². The number of thiophene rings is 1. The monoisotopic (exact) mass is 322 g/mol. The number of rotatable bonds is 4. The van der Waals surface area contributed by atoms with Crippen molar-refractivity contribution in [3.63, 3.8) is 0 Å². The van der Waals surface area contributed by atoms with Gasteiger partial charge >= 0.3 is 5.97 Å². The Kier molecular flexibility index (Phi) is 3.78. The number of aromatic nitrogens is 2. The van der Waals surface area contributed by atoms with Gasteiger partial charge in [0.2, 0.25) is 0 Å². The lowest BCUT2D eigenvalue weighted by molar-refractivity contribution is -0.138. The Hall–Kier alpha value is -1.73. The predicted molar refractivity (Wildman–Crippen MR) is 83.8 cm³/mol. The highest BCUT2D eigenvalue weighted by Crippen LogP contribution is 2.42. The minimum absolute atomic E-state index is 0.0517. The third-order valence-electron chi connectivity index (χ3n) is 4.10. The van der Waals surface area contributed by atoms with Gasteiger partial charge in [-0.3, -0.25) is 14.2 Å². The fourth-order valence-corrected chi connectivity index (χ4v) is 4.39. The van der Waals surface area contributed by atoms with Crippen LogP contribution < -0.4 is 5.56 Å². The highest BCUT2D eigenvalue weighted by molar-refractivity contribution is 7.18. The number of fused-ring (bicyclic) bond motifs is 3. The smallest absolute Gasteiger partial charge is 0.311 e. The van der Waals surface area contributed by atoms with Gasteiger partial charge in [0.25, 0.3) is 5.56 Å². The maximum absolute atomic E-state index is 12.9. The van der Waals surface area contributed by atoms with Crippen molar-refractivity contribution in [2.75, 3.05) is 6.61 Å². The number of carbonyl (C=O) groups is 1. The SMILES string of the molecule is CC(C)c1nc2sc3c(c2c(=O)n1CCO)C(C(=O)O)CC3. The van der Waals surface area contributed by atoms with E-state index in [9.17, 15) is 19.8 Å². The molecule has 0 spiro atoms. The maximum atomic E-state index is 12.9. The molecule has 3 rings (SSSR count). The molecule has 1 unspecified atom stereocenters. The number of hydrogen-bond donors (Lipinski definition) is 2. The van der Waals surface area contributed by atoms with Crippen LogP contribution in [0.1, 0.15) is 48.4 Å². The first kappa shape index (κ1) is 15.2. The van der Waals surface area contributed by atoms with Gasteiger partial charge in [0.1, 0.15) is 10.7 Å². The van der Waals surface area contributed by atoms with Crippen LogP contribution in [0.25, 0.3) is 10.2 Å². The third-order valence-corrected chi connectivity index (χ3v) is 5.26. The van der Waals surface area contributed by atoms with Gasteiger partial charge in [-0.1, -0.05) is 13.8 Å². The second kappa shape index (κ2) is 5.48. The van der Waals surface area contributed by atoms with Crippen LogP contribution in [-0.2, 0) is 17.8 Å². The van der Waals surface area contributed by atoms with E-state index in [1.165, 1.54) is 15.9 Å². The zero-order valence-electron chi connectivity index (χ0n) is 12.5. The van der Waals surface area contributed by atoms with Crippen LogP contribution in [-0.4, -0.2) is 32.3 Å². The van der Waals surface area contributed by atoms with Crippen molar-refractivity contribution >= 4 is 27.5 Å². The largest absolute Gasteiger partial charge is 0.481 e. The minimum Gasteiger partial charge on any atom is -0.481 e. The average molecular weight is 322 g/mol. The molecule has 0 radical (unpaired) electrons. The average Bonchev–Trinajstić information content (AvgIpc) is 2.99. The van der Waals surface area contributed by atoms with Gasteiger partial charge in [0.05, 0.1) is 24.5 Å². The Labute approximate surface area is 131 Å². The van der Waals surface area contributed by atoms with Gasteiger partial charge in [-0.2, -0.15) is 0 Å². The summed E-state index contributed by atoms with van der Waals surface area (Å²) in [7, 11) is 0. The summed E-state index contributed by atoms with van der Waals surface area (Å²) in [5.74, 6) is -0.820. The number of nitrogens with zero attached hydrogens (tertiary/aromatic N) is 2. The molecule has 2 aromatic rings. The normalized spacial score (nSPS) is 17.4. The van der Waals surface area contributed by atoms with Crippen molar-refractivity contribution in [1.82, 2.24) is 9.55 Å². The molecule has 118 valence electrons. The van der Waals surface area contributed by atoms with E-state index in [-0.39, 0.29) is 24.6 Å². The molecule has 0 aromatic carbocycles. The van der Waals surface area contributed by atoms with Crippen molar-refractivity contribution in [2.45, 2.75) is 45.1 Å². The molecule has 2 aromatic heterocycles. The first-order valence-electron chi connectivity index (χ1n) is 7.35. The number of aliphatic carboxylic acids is 1. The number of carboxylic acid groups (broad SMARTS) is 1. The summed E-state index contributed by atoms with van der Waals surface area (Å²) in [6.07, 6.45) is 1.22. The topological polar surface area (TPSA) is 92.4 Å². The predicted octanol–water partition coefficient (Wildman–Crippen LogP) is 1.69. The second-order valence-corrected chi connectivity index (χ2v) is 6.94. The lowest BCUT2D eigenvalue weighted by Crippen LogP contribution is -2.28. The Morgan fingerprint density at radius 1 is 1.50 bits per heavy atom. The molecule has 2 N–H and O–H groups in total. The Balaban J connectivity index is 2.34. The molecule has 0 amide bonds. The minimum atomic E-state index is -0.889. The highest BCUT2D eigenvalue weighted by Gasteiger charge is 2.34. The summed E-state index contributed by atoms with van der Waals surface area (Å²) in [6, 6.07) is 0. The molecule has 7 heteroatoms. The lowest BCUT2D eigenvalue weighted by atomic mass is 10.0. The van der Waals surface area contributed by atoms with E-state index in [4.69, 9.17) is 0 Å². The zero-order valence-corrected chi connectivity index (χ0v) is 13.3. The summed E-state index contributed by atoms with van der Waals surface area (Å²) in [5.41, 5.74) is 0.417. The third kappa shape index (κ3) is 2.16. The standard InChI is InChI=1S/C15H18N2O4S/c1-7(2)12-16-13-11(14(19)17(12)5-6-18)10-8(15(20)21)3-4-9(10)22-13/h7-8,18H,3-6H2,1-2H3,(H,20,21). The molecule has 0 saturated heterocycles. The summed E-state index contributed by atoms with van der Waals surface area (Å²) in [4.78, 5) is 30.5. The van der Waals surface area contributed by atoms with Gasteiger partial charge < -0.3 is 10.2 Å².